The van der Waals surface area contributed by atoms with Crippen LogP contribution in [0.5, 0.6) is 5.75 Å². The maximum Gasteiger partial charge on any atom is 0.417 e. The van der Waals surface area contributed by atoms with Crippen LogP contribution < -0.4 is 5.56 Å². The van der Waals surface area contributed by atoms with Gasteiger partial charge in [-0.1, -0.05) is 23.8 Å². The smallest absolute Gasteiger partial charge is 0.417 e. The maximum absolute atomic E-state index is 13.5. The standard InChI is InChI=1S/C22H17F3N2O2/c1-13-3-4-16(14(2)9-13)12-27-20(15-5-7-17(28)8-6-15)10-19(22(23,24)25)18(11-26)21(27)29/h3-10,28H,12H2,1-2H3. The molecule has 3 aromatic rings. The zero-order valence-electron chi connectivity index (χ0n) is 15.7. The third kappa shape index (κ3) is 4.02. The molecule has 0 bridgehead atoms. The summed E-state index contributed by atoms with van der Waals surface area (Å²) in [5.41, 5.74) is -0.239. The van der Waals surface area contributed by atoms with Gasteiger partial charge in [0.1, 0.15) is 17.4 Å². The molecule has 29 heavy (non-hydrogen) atoms. The molecule has 0 atom stereocenters. The van der Waals surface area contributed by atoms with Crippen LogP contribution in [0.2, 0.25) is 0 Å². The average molecular weight is 398 g/mol. The summed E-state index contributed by atoms with van der Waals surface area (Å²) in [6.07, 6.45) is -4.85. The van der Waals surface area contributed by atoms with Crippen molar-refractivity contribution in [3.63, 3.8) is 0 Å². The lowest BCUT2D eigenvalue weighted by atomic mass is 10.0. The van der Waals surface area contributed by atoms with Gasteiger partial charge in [0.05, 0.1) is 17.8 Å². The summed E-state index contributed by atoms with van der Waals surface area (Å²) in [6, 6.07) is 13.3. The Morgan fingerprint density at radius 2 is 1.72 bits per heavy atom. The number of pyridine rings is 1. The van der Waals surface area contributed by atoms with E-state index in [0.29, 0.717) is 5.56 Å². The molecule has 0 amide bonds. The van der Waals surface area contributed by atoms with Crippen LogP contribution in [0.15, 0.2) is 53.3 Å². The molecule has 0 saturated carbocycles. The van der Waals surface area contributed by atoms with Gasteiger partial charge < -0.3 is 9.67 Å². The second-order valence-electron chi connectivity index (χ2n) is 6.80. The Kier molecular flexibility index (Phi) is 5.21. The predicted molar refractivity (Wildman–Crippen MR) is 103 cm³/mol. The number of alkyl halides is 3. The fourth-order valence-corrected chi connectivity index (χ4v) is 3.20. The number of halogens is 3. The Morgan fingerprint density at radius 3 is 2.28 bits per heavy atom. The second-order valence-corrected chi connectivity index (χ2v) is 6.80. The average Bonchev–Trinajstić information content (AvgIpc) is 2.64. The van der Waals surface area contributed by atoms with E-state index in [0.717, 1.165) is 27.3 Å². The van der Waals surface area contributed by atoms with E-state index in [-0.39, 0.29) is 18.0 Å². The molecule has 0 aliphatic rings. The fourth-order valence-electron chi connectivity index (χ4n) is 3.20. The van der Waals surface area contributed by atoms with E-state index in [1.165, 1.54) is 30.3 Å². The van der Waals surface area contributed by atoms with E-state index in [9.17, 15) is 28.3 Å². The lowest BCUT2D eigenvalue weighted by Crippen LogP contribution is -2.29. The third-order valence-corrected chi connectivity index (χ3v) is 4.71. The van der Waals surface area contributed by atoms with Crippen LogP contribution in [0.1, 0.15) is 27.8 Å². The molecule has 4 nitrogen and oxygen atoms in total. The largest absolute Gasteiger partial charge is 0.508 e. The van der Waals surface area contributed by atoms with Crippen molar-refractivity contribution in [3.8, 4) is 23.1 Å². The quantitative estimate of drug-likeness (QED) is 0.691. The van der Waals surface area contributed by atoms with Crippen LogP contribution in [0.4, 0.5) is 13.2 Å². The van der Waals surface area contributed by atoms with E-state index in [2.05, 4.69) is 0 Å². The molecule has 0 saturated heterocycles. The highest BCUT2D eigenvalue weighted by molar-refractivity contribution is 5.63. The zero-order chi connectivity index (χ0) is 21.3. The molecule has 0 aliphatic heterocycles. The number of hydrogen-bond acceptors (Lipinski definition) is 3. The van der Waals surface area contributed by atoms with Crippen molar-refractivity contribution in [3.05, 3.63) is 86.7 Å². The molecule has 2 aromatic carbocycles. The number of hydrogen-bond donors (Lipinski definition) is 1. The molecule has 0 aliphatic carbocycles. The minimum absolute atomic E-state index is 0.00791. The first kappa shape index (κ1) is 20.2. The summed E-state index contributed by atoms with van der Waals surface area (Å²) in [4.78, 5) is 12.9. The minimum atomic E-state index is -4.85. The van der Waals surface area contributed by atoms with E-state index >= 15 is 0 Å². The molecule has 1 heterocycles. The molecule has 0 spiro atoms. The number of phenolic OH excluding ortho intramolecular Hbond substituents is 1. The lowest BCUT2D eigenvalue weighted by molar-refractivity contribution is -0.137. The summed E-state index contributed by atoms with van der Waals surface area (Å²) in [7, 11) is 0. The molecule has 7 heteroatoms. The number of nitrogens with zero attached hydrogens (tertiary/aromatic N) is 2. The van der Waals surface area contributed by atoms with Crippen LogP contribution in [0.3, 0.4) is 0 Å². The number of nitriles is 1. The van der Waals surface area contributed by atoms with Gasteiger partial charge in [0.25, 0.3) is 5.56 Å². The number of aromatic nitrogens is 1. The van der Waals surface area contributed by atoms with E-state index in [4.69, 9.17) is 0 Å². The van der Waals surface area contributed by atoms with Crippen molar-refractivity contribution in [1.82, 2.24) is 4.57 Å². The van der Waals surface area contributed by atoms with Gasteiger partial charge in [-0.2, -0.15) is 18.4 Å². The normalized spacial score (nSPS) is 11.3. The predicted octanol–water partition coefficient (Wildman–Crippen LogP) is 4.78. The number of phenols is 1. The van der Waals surface area contributed by atoms with Crippen LogP contribution in [0.25, 0.3) is 11.3 Å². The van der Waals surface area contributed by atoms with Gasteiger partial charge >= 0.3 is 6.18 Å². The molecule has 1 N–H and O–H groups in total. The lowest BCUT2D eigenvalue weighted by Gasteiger charge is -2.18. The Labute approximate surface area is 165 Å². The van der Waals surface area contributed by atoms with Crippen molar-refractivity contribution in [1.29, 1.82) is 5.26 Å². The van der Waals surface area contributed by atoms with E-state index in [1.807, 2.05) is 26.0 Å². The molecular formula is C22H17F3N2O2. The Hall–Kier alpha value is -3.53. The first-order valence-electron chi connectivity index (χ1n) is 8.72. The first-order chi connectivity index (χ1) is 13.6. The number of aromatic hydroxyl groups is 1. The van der Waals surface area contributed by atoms with Gasteiger partial charge in [0.2, 0.25) is 0 Å². The highest BCUT2D eigenvalue weighted by Gasteiger charge is 2.36. The third-order valence-electron chi connectivity index (χ3n) is 4.71. The van der Waals surface area contributed by atoms with Crippen molar-refractivity contribution >= 4 is 0 Å². The topological polar surface area (TPSA) is 66.0 Å². The molecule has 148 valence electrons. The monoisotopic (exact) mass is 398 g/mol. The molecule has 3 rings (SSSR count). The number of aryl methyl sites for hydroxylation is 2. The van der Waals surface area contributed by atoms with E-state index in [1.54, 1.807) is 6.07 Å². The first-order valence-corrected chi connectivity index (χ1v) is 8.72. The van der Waals surface area contributed by atoms with Crippen molar-refractivity contribution in [2.24, 2.45) is 0 Å². The zero-order valence-corrected chi connectivity index (χ0v) is 15.7. The number of rotatable bonds is 3. The Balaban J connectivity index is 2.31. The maximum atomic E-state index is 13.5. The van der Waals surface area contributed by atoms with Gasteiger partial charge in [-0.15, -0.1) is 0 Å². The van der Waals surface area contributed by atoms with Gasteiger partial charge in [-0.3, -0.25) is 4.79 Å². The summed E-state index contributed by atoms with van der Waals surface area (Å²) in [5.74, 6) is -0.0540. The van der Waals surface area contributed by atoms with Crippen LogP contribution in [-0.4, -0.2) is 9.67 Å². The second kappa shape index (κ2) is 7.47. The van der Waals surface area contributed by atoms with Crippen LogP contribution in [-0.2, 0) is 12.7 Å². The molecule has 1 aromatic heterocycles. The summed E-state index contributed by atoms with van der Waals surface area (Å²) in [5, 5.41) is 18.7. The van der Waals surface area contributed by atoms with Crippen molar-refractivity contribution < 1.29 is 18.3 Å². The minimum Gasteiger partial charge on any atom is -0.508 e. The van der Waals surface area contributed by atoms with Gasteiger partial charge in [-0.25, -0.2) is 0 Å². The Morgan fingerprint density at radius 1 is 1.07 bits per heavy atom. The van der Waals surface area contributed by atoms with Crippen molar-refractivity contribution in [2.75, 3.05) is 0 Å². The Bertz CT molecular complexity index is 1170. The fraction of sp³-hybridized carbons (Fsp3) is 0.182. The van der Waals surface area contributed by atoms with Gasteiger partial charge in [-0.05, 0) is 60.9 Å². The SMILES string of the molecule is Cc1ccc(Cn2c(-c3ccc(O)cc3)cc(C(F)(F)F)c(C#N)c2=O)c(C)c1. The van der Waals surface area contributed by atoms with Gasteiger partial charge in [0, 0.05) is 0 Å². The highest BCUT2D eigenvalue weighted by atomic mass is 19.4. The van der Waals surface area contributed by atoms with E-state index < -0.39 is 22.9 Å². The molecule has 0 radical (unpaired) electrons. The highest BCUT2D eigenvalue weighted by Crippen LogP contribution is 2.34. The molecule has 0 unspecified atom stereocenters. The summed E-state index contributed by atoms with van der Waals surface area (Å²) >= 11 is 0. The van der Waals surface area contributed by atoms with Crippen LogP contribution in [0, 0.1) is 25.2 Å². The molecular weight excluding hydrogens is 381 g/mol. The summed E-state index contributed by atoms with van der Waals surface area (Å²) in [6.45, 7) is 3.77. The molecule has 0 fully saturated rings. The van der Waals surface area contributed by atoms with Crippen LogP contribution >= 0.6 is 0 Å². The van der Waals surface area contributed by atoms with Gasteiger partial charge in [0.15, 0.2) is 0 Å². The number of benzene rings is 2. The van der Waals surface area contributed by atoms with Crippen molar-refractivity contribution in [2.45, 2.75) is 26.6 Å². The summed E-state index contributed by atoms with van der Waals surface area (Å²) < 4.78 is 41.7.